The van der Waals surface area contributed by atoms with Crippen LogP contribution >= 0.6 is 0 Å². The lowest BCUT2D eigenvalue weighted by Crippen LogP contribution is -2.06. The van der Waals surface area contributed by atoms with Crippen LogP contribution in [0.1, 0.15) is 27.0 Å². The van der Waals surface area contributed by atoms with Crippen molar-refractivity contribution in [2.45, 2.75) is 19.3 Å². The van der Waals surface area contributed by atoms with Gasteiger partial charge < -0.3 is 9.84 Å². The number of ether oxygens (including phenoxy) is 1. The van der Waals surface area contributed by atoms with Gasteiger partial charge in [-0.3, -0.25) is 4.68 Å². The molecule has 0 aliphatic carbocycles. The molecule has 1 aromatic heterocycles. The molecule has 1 N–H and O–H groups in total. The van der Waals surface area contributed by atoms with Crippen LogP contribution in [-0.2, 0) is 19.3 Å². The summed E-state index contributed by atoms with van der Waals surface area (Å²) in [5, 5.41) is 14.0. The summed E-state index contributed by atoms with van der Waals surface area (Å²) in [4.78, 5) is 11.2. The van der Waals surface area contributed by atoms with Crippen LogP contribution in [0.2, 0.25) is 0 Å². The standard InChI is InChI=1S/C29H21F3N2O3/c30-29(31,32)25-11-5-10-24-26(25)33-34(17-19-6-2-1-3-7-19)27(24)21-12-14-23(15-13-21)37-18-20-8-4-9-22(16-20)28(35)36/h1-16H,17-18H2,(H,35,36). The third-order valence-corrected chi connectivity index (χ3v) is 5.96. The zero-order chi connectivity index (χ0) is 26.0. The fourth-order valence-electron chi connectivity index (χ4n) is 4.23. The fourth-order valence-corrected chi connectivity index (χ4v) is 4.23. The normalized spacial score (nSPS) is 11.5. The third kappa shape index (κ3) is 5.18. The van der Waals surface area contributed by atoms with E-state index in [9.17, 15) is 18.0 Å². The number of fused-ring (bicyclic) bond motifs is 1. The third-order valence-electron chi connectivity index (χ3n) is 5.96. The topological polar surface area (TPSA) is 64.3 Å². The summed E-state index contributed by atoms with van der Waals surface area (Å²) >= 11 is 0. The number of carboxylic acids is 1. The Kier molecular flexibility index (Phi) is 6.40. The highest BCUT2D eigenvalue weighted by atomic mass is 19.4. The van der Waals surface area contributed by atoms with E-state index in [0.29, 0.717) is 34.5 Å². The van der Waals surface area contributed by atoms with Gasteiger partial charge in [0.2, 0.25) is 0 Å². The van der Waals surface area contributed by atoms with Crippen molar-refractivity contribution in [3.8, 4) is 17.0 Å². The van der Waals surface area contributed by atoms with E-state index < -0.39 is 17.7 Å². The van der Waals surface area contributed by atoms with Gasteiger partial charge in [0.15, 0.2) is 0 Å². The molecule has 0 fully saturated rings. The number of aromatic nitrogens is 2. The minimum Gasteiger partial charge on any atom is -0.489 e. The van der Waals surface area contributed by atoms with Gasteiger partial charge in [0.25, 0.3) is 0 Å². The van der Waals surface area contributed by atoms with Gasteiger partial charge in [0.1, 0.15) is 17.9 Å². The van der Waals surface area contributed by atoms with Crippen LogP contribution in [0.15, 0.2) is 97.1 Å². The number of benzene rings is 4. The molecule has 0 atom stereocenters. The predicted molar refractivity (Wildman–Crippen MR) is 133 cm³/mol. The van der Waals surface area contributed by atoms with E-state index in [0.717, 1.165) is 11.6 Å². The number of halogens is 3. The summed E-state index contributed by atoms with van der Waals surface area (Å²) in [6.45, 7) is 0.477. The van der Waals surface area contributed by atoms with E-state index in [1.165, 1.54) is 12.1 Å². The molecule has 0 saturated carbocycles. The molecule has 186 valence electrons. The molecular weight excluding hydrogens is 481 g/mol. The van der Waals surface area contributed by atoms with Crippen LogP contribution in [0.25, 0.3) is 22.2 Å². The van der Waals surface area contributed by atoms with E-state index in [2.05, 4.69) is 5.10 Å². The minimum atomic E-state index is -4.53. The first-order valence-electron chi connectivity index (χ1n) is 11.5. The molecule has 5 nitrogen and oxygen atoms in total. The maximum absolute atomic E-state index is 13.7. The Morgan fingerprint density at radius 1 is 0.865 bits per heavy atom. The molecule has 0 bridgehead atoms. The molecule has 0 spiro atoms. The van der Waals surface area contributed by atoms with Crippen molar-refractivity contribution in [1.29, 1.82) is 0 Å². The van der Waals surface area contributed by atoms with Crippen LogP contribution in [0.4, 0.5) is 13.2 Å². The Morgan fingerprint density at radius 3 is 2.27 bits per heavy atom. The first-order valence-corrected chi connectivity index (χ1v) is 11.5. The van der Waals surface area contributed by atoms with Gasteiger partial charge in [-0.1, -0.05) is 54.6 Å². The van der Waals surface area contributed by atoms with E-state index >= 15 is 0 Å². The van der Waals surface area contributed by atoms with Crippen molar-refractivity contribution in [3.05, 3.63) is 119 Å². The van der Waals surface area contributed by atoms with Gasteiger partial charge in [0.05, 0.1) is 23.4 Å². The van der Waals surface area contributed by atoms with Gasteiger partial charge in [-0.25, -0.2) is 4.79 Å². The second-order valence-electron chi connectivity index (χ2n) is 8.51. The van der Waals surface area contributed by atoms with Gasteiger partial charge >= 0.3 is 12.1 Å². The highest BCUT2D eigenvalue weighted by Crippen LogP contribution is 2.38. The van der Waals surface area contributed by atoms with Crippen molar-refractivity contribution >= 4 is 16.9 Å². The molecule has 0 saturated heterocycles. The smallest absolute Gasteiger partial charge is 0.418 e. The number of alkyl halides is 3. The highest BCUT2D eigenvalue weighted by molar-refractivity contribution is 5.95. The van der Waals surface area contributed by atoms with Gasteiger partial charge in [-0.15, -0.1) is 0 Å². The van der Waals surface area contributed by atoms with E-state index in [4.69, 9.17) is 9.84 Å². The van der Waals surface area contributed by atoms with E-state index in [1.54, 1.807) is 53.2 Å². The monoisotopic (exact) mass is 502 g/mol. The lowest BCUT2D eigenvalue weighted by molar-refractivity contribution is -0.136. The fraction of sp³-hybridized carbons (Fsp3) is 0.103. The van der Waals surface area contributed by atoms with E-state index in [-0.39, 0.29) is 17.7 Å². The second kappa shape index (κ2) is 9.81. The Morgan fingerprint density at radius 2 is 1.57 bits per heavy atom. The maximum Gasteiger partial charge on any atom is 0.418 e. The van der Waals surface area contributed by atoms with Crippen LogP contribution in [0.5, 0.6) is 5.75 Å². The number of rotatable bonds is 7. The van der Waals surface area contributed by atoms with Gasteiger partial charge in [-0.2, -0.15) is 18.3 Å². The Balaban J connectivity index is 1.49. The summed E-state index contributed by atoms with van der Waals surface area (Å²) < 4.78 is 48.6. The van der Waals surface area contributed by atoms with Crippen LogP contribution < -0.4 is 4.74 Å². The molecule has 0 aliphatic heterocycles. The number of aromatic carboxylic acids is 1. The molecule has 8 heteroatoms. The number of carbonyl (C=O) groups is 1. The minimum absolute atomic E-state index is 0.0976. The molecule has 0 radical (unpaired) electrons. The number of carboxylic acid groups (broad SMARTS) is 1. The number of nitrogens with zero attached hydrogens (tertiary/aromatic N) is 2. The van der Waals surface area contributed by atoms with Crippen molar-refractivity contribution < 1.29 is 27.8 Å². The van der Waals surface area contributed by atoms with Crippen molar-refractivity contribution in [3.63, 3.8) is 0 Å². The summed E-state index contributed by atoms with van der Waals surface area (Å²) in [5.74, 6) is -0.474. The maximum atomic E-state index is 13.7. The molecule has 5 rings (SSSR count). The largest absolute Gasteiger partial charge is 0.489 e. The average molecular weight is 502 g/mol. The first kappa shape index (κ1) is 24.1. The van der Waals surface area contributed by atoms with Gasteiger partial charge in [0, 0.05) is 10.9 Å². The summed E-state index contributed by atoms with van der Waals surface area (Å²) in [6.07, 6.45) is -4.53. The molecule has 5 aromatic rings. The Hall–Kier alpha value is -4.59. The molecule has 37 heavy (non-hydrogen) atoms. The Labute approximate surface area is 210 Å². The second-order valence-corrected chi connectivity index (χ2v) is 8.51. The summed E-state index contributed by atoms with van der Waals surface area (Å²) in [5.41, 5.74) is 2.18. The van der Waals surface area contributed by atoms with E-state index in [1.807, 2.05) is 30.3 Å². The molecule has 0 amide bonds. The van der Waals surface area contributed by atoms with Crippen LogP contribution in [-0.4, -0.2) is 20.9 Å². The SMILES string of the molecule is O=C(O)c1cccc(COc2ccc(-c3c4cccc(C(F)(F)F)c4nn3Cc3ccccc3)cc2)c1. The average Bonchev–Trinajstić information content (AvgIpc) is 3.25. The zero-order valence-electron chi connectivity index (χ0n) is 19.4. The van der Waals surface area contributed by atoms with Crippen LogP contribution in [0, 0.1) is 0 Å². The molecule has 1 heterocycles. The first-order chi connectivity index (χ1) is 17.8. The quantitative estimate of drug-likeness (QED) is 0.259. The van der Waals surface area contributed by atoms with Crippen molar-refractivity contribution in [1.82, 2.24) is 9.78 Å². The zero-order valence-corrected chi connectivity index (χ0v) is 19.4. The van der Waals surface area contributed by atoms with Crippen molar-refractivity contribution in [2.24, 2.45) is 0 Å². The summed E-state index contributed by atoms with van der Waals surface area (Å²) in [7, 11) is 0. The molecule has 0 unspecified atom stereocenters. The molecule has 0 aliphatic rings. The highest BCUT2D eigenvalue weighted by Gasteiger charge is 2.34. The lowest BCUT2D eigenvalue weighted by Gasteiger charge is -2.11. The van der Waals surface area contributed by atoms with Gasteiger partial charge in [-0.05, 0) is 53.6 Å². The number of hydrogen-bond donors (Lipinski definition) is 1. The molecular formula is C29H21F3N2O3. The van der Waals surface area contributed by atoms with Crippen LogP contribution in [0.3, 0.4) is 0 Å². The predicted octanol–water partition coefficient (Wildman–Crippen LogP) is 7.05. The summed E-state index contributed by atoms with van der Waals surface area (Å²) in [6, 6.07) is 27.0. The molecule has 4 aromatic carbocycles. The lowest BCUT2D eigenvalue weighted by atomic mass is 10.0. The Bertz CT molecular complexity index is 1560. The number of hydrogen-bond acceptors (Lipinski definition) is 3. The van der Waals surface area contributed by atoms with Crippen molar-refractivity contribution in [2.75, 3.05) is 0 Å².